The lowest BCUT2D eigenvalue weighted by molar-refractivity contribution is 0.171. The summed E-state index contributed by atoms with van der Waals surface area (Å²) in [6, 6.07) is 3.80. The Balaban J connectivity index is 1.61. The largest absolute Gasteiger partial charge is 0.486 e. The maximum absolute atomic E-state index is 6.29. The molecule has 146 valence electrons. The fourth-order valence-corrected chi connectivity index (χ4v) is 3.09. The number of fused-ring (bicyclic) bond motifs is 1. The van der Waals surface area contributed by atoms with E-state index in [1.807, 2.05) is 23.6 Å². The lowest BCUT2D eigenvalue weighted by Crippen LogP contribution is -2.38. The van der Waals surface area contributed by atoms with Crippen molar-refractivity contribution in [3.63, 3.8) is 0 Å². The highest BCUT2D eigenvalue weighted by atomic mass is 35.5. The number of hydrogen-bond donors (Lipinski definition) is 2. The first kappa shape index (κ1) is 19.3. The first-order chi connectivity index (χ1) is 13.2. The van der Waals surface area contributed by atoms with E-state index in [1.54, 1.807) is 6.33 Å². The van der Waals surface area contributed by atoms with E-state index in [2.05, 4.69) is 32.7 Å². The van der Waals surface area contributed by atoms with Crippen LogP contribution in [0.25, 0.3) is 0 Å². The molecule has 0 radical (unpaired) electrons. The first-order valence-electron chi connectivity index (χ1n) is 9.18. The van der Waals surface area contributed by atoms with Gasteiger partial charge in [-0.1, -0.05) is 18.5 Å². The molecule has 0 atom stereocenters. The molecule has 0 fully saturated rings. The van der Waals surface area contributed by atoms with Gasteiger partial charge in [-0.3, -0.25) is 0 Å². The van der Waals surface area contributed by atoms with Gasteiger partial charge < -0.3 is 24.7 Å². The number of ether oxygens (including phenoxy) is 2. The van der Waals surface area contributed by atoms with Gasteiger partial charge in [0.1, 0.15) is 25.4 Å². The topological polar surface area (TPSA) is 85.6 Å². The monoisotopic (exact) mass is 392 g/mol. The fourth-order valence-electron chi connectivity index (χ4n) is 2.80. The van der Waals surface area contributed by atoms with Gasteiger partial charge in [0.05, 0.1) is 11.6 Å². The molecule has 1 aromatic carbocycles. The molecule has 0 aliphatic carbocycles. The predicted molar refractivity (Wildman–Crippen MR) is 105 cm³/mol. The van der Waals surface area contributed by atoms with Crippen molar-refractivity contribution in [1.29, 1.82) is 0 Å². The molecule has 0 spiro atoms. The Morgan fingerprint density at radius 3 is 2.93 bits per heavy atom. The highest BCUT2D eigenvalue weighted by Gasteiger charge is 2.16. The summed E-state index contributed by atoms with van der Waals surface area (Å²) in [5.74, 6) is 3.01. The van der Waals surface area contributed by atoms with Crippen LogP contribution in [-0.2, 0) is 19.5 Å². The van der Waals surface area contributed by atoms with Crippen molar-refractivity contribution in [2.45, 2.75) is 33.4 Å². The van der Waals surface area contributed by atoms with Gasteiger partial charge in [0.25, 0.3) is 0 Å². The lowest BCUT2D eigenvalue weighted by Gasteiger charge is -2.20. The summed E-state index contributed by atoms with van der Waals surface area (Å²) >= 11 is 6.29. The molecule has 2 heterocycles. The maximum atomic E-state index is 6.29. The third kappa shape index (κ3) is 5.03. The van der Waals surface area contributed by atoms with E-state index in [-0.39, 0.29) is 0 Å². The van der Waals surface area contributed by atoms with Crippen LogP contribution in [-0.4, -0.2) is 47.0 Å². The van der Waals surface area contributed by atoms with E-state index in [1.165, 1.54) is 0 Å². The highest BCUT2D eigenvalue weighted by molar-refractivity contribution is 6.32. The van der Waals surface area contributed by atoms with E-state index < -0.39 is 0 Å². The van der Waals surface area contributed by atoms with Crippen LogP contribution in [0.2, 0.25) is 5.02 Å². The van der Waals surface area contributed by atoms with Crippen LogP contribution in [0.4, 0.5) is 0 Å². The second-order valence-electron chi connectivity index (χ2n) is 6.02. The predicted octanol–water partition coefficient (Wildman–Crippen LogP) is 2.02. The third-order valence-electron chi connectivity index (χ3n) is 4.08. The Kier molecular flexibility index (Phi) is 6.75. The zero-order chi connectivity index (χ0) is 19.1. The molecule has 0 amide bonds. The van der Waals surface area contributed by atoms with Gasteiger partial charge in [-0.2, -0.15) is 0 Å². The zero-order valence-corrected chi connectivity index (χ0v) is 16.4. The highest BCUT2D eigenvalue weighted by Crippen LogP contribution is 2.38. The fraction of sp³-hybridized carbons (Fsp3) is 0.500. The number of guanidine groups is 1. The van der Waals surface area contributed by atoms with Gasteiger partial charge in [-0.05, 0) is 24.6 Å². The van der Waals surface area contributed by atoms with E-state index in [0.29, 0.717) is 36.3 Å². The number of aliphatic imine (C=N–C) groups is 1. The molecular weight excluding hydrogens is 368 g/mol. The van der Waals surface area contributed by atoms with Gasteiger partial charge in [0, 0.05) is 26.1 Å². The minimum atomic E-state index is 0.485. The summed E-state index contributed by atoms with van der Waals surface area (Å²) in [4.78, 5) is 4.63. The first-order valence-corrected chi connectivity index (χ1v) is 9.56. The summed E-state index contributed by atoms with van der Waals surface area (Å²) in [5.41, 5.74) is 0.966. The normalized spacial score (nSPS) is 13.5. The average Bonchev–Trinajstić information content (AvgIpc) is 3.13. The van der Waals surface area contributed by atoms with Crippen LogP contribution >= 0.6 is 11.6 Å². The van der Waals surface area contributed by atoms with Crippen molar-refractivity contribution in [2.24, 2.45) is 4.99 Å². The second-order valence-corrected chi connectivity index (χ2v) is 6.43. The molecule has 0 saturated heterocycles. The zero-order valence-electron chi connectivity index (χ0n) is 15.7. The smallest absolute Gasteiger partial charge is 0.191 e. The molecule has 0 saturated carbocycles. The Morgan fingerprint density at radius 1 is 1.26 bits per heavy atom. The van der Waals surface area contributed by atoms with Gasteiger partial charge in [-0.15, -0.1) is 10.2 Å². The maximum Gasteiger partial charge on any atom is 0.191 e. The van der Waals surface area contributed by atoms with Crippen LogP contribution in [0.5, 0.6) is 11.5 Å². The van der Waals surface area contributed by atoms with Crippen molar-refractivity contribution < 1.29 is 9.47 Å². The van der Waals surface area contributed by atoms with Crippen molar-refractivity contribution in [1.82, 2.24) is 25.4 Å². The number of benzene rings is 1. The standard InChI is InChI=1S/C18H25ClN6O2/c1-3-16-24-23-12-25(16)6-5-21-18(20-4-2)22-11-13-9-14(19)17-15(10-13)26-7-8-27-17/h9-10,12H,3-8,11H2,1-2H3,(H2,20,21,22). The number of aryl methyl sites for hydroxylation is 1. The number of hydrogen-bond acceptors (Lipinski definition) is 5. The quantitative estimate of drug-likeness (QED) is 0.554. The van der Waals surface area contributed by atoms with E-state index >= 15 is 0 Å². The van der Waals surface area contributed by atoms with Crippen LogP contribution in [0.1, 0.15) is 25.2 Å². The molecule has 27 heavy (non-hydrogen) atoms. The Labute approximate surface area is 163 Å². The van der Waals surface area contributed by atoms with Crippen LogP contribution < -0.4 is 20.1 Å². The molecule has 2 aromatic rings. The van der Waals surface area contributed by atoms with E-state index in [0.717, 1.165) is 43.4 Å². The van der Waals surface area contributed by atoms with Crippen LogP contribution in [0.15, 0.2) is 23.5 Å². The number of nitrogens with one attached hydrogen (secondary N) is 2. The molecule has 0 unspecified atom stereocenters. The number of rotatable bonds is 7. The lowest BCUT2D eigenvalue weighted by atomic mass is 10.2. The summed E-state index contributed by atoms with van der Waals surface area (Å²) < 4.78 is 13.2. The molecule has 9 heteroatoms. The van der Waals surface area contributed by atoms with Crippen molar-refractivity contribution in [3.05, 3.63) is 34.9 Å². The molecule has 8 nitrogen and oxygen atoms in total. The van der Waals surface area contributed by atoms with Crippen molar-refractivity contribution >= 4 is 17.6 Å². The molecule has 3 rings (SSSR count). The average molecular weight is 393 g/mol. The van der Waals surface area contributed by atoms with Gasteiger partial charge in [-0.25, -0.2) is 4.99 Å². The summed E-state index contributed by atoms with van der Waals surface area (Å²) in [5, 5.41) is 15.2. The van der Waals surface area contributed by atoms with Gasteiger partial charge >= 0.3 is 0 Å². The van der Waals surface area contributed by atoms with Gasteiger partial charge in [0.15, 0.2) is 17.5 Å². The number of nitrogens with zero attached hydrogens (tertiary/aromatic N) is 4. The summed E-state index contributed by atoms with van der Waals surface area (Å²) in [7, 11) is 0. The van der Waals surface area contributed by atoms with Crippen molar-refractivity contribution in [2.75, 3.05) is 26.3 Å². The Bertz CT molecular complexity index is 792. The SMILES string of the molecule is CCNC(=NCc1cc(Cl)c2c(c1)OCCO2)NCCn1cnnc1CC. The Morgan fingerprint density at radius 2 is 2.11 bits per heavy atom. The second kappa shape index (κ2) is 9.45. The van der Waals surface area contributed by atoms with E-state index in [4.69, 9.17) is 21.1 Å². The molecule has 1 aliphatic rings. The number of halogens is 1. The molecule has 1 aromatic heterocycles. The molecular formula is C18H25ClN6O2. The summed E-state index contributed by atoms with van der Waals surface area (Å²) in [6.45, 7) is 7.91. The van der Waals surface area contributed by atoms with E-state index in [9.17, 15) is 0 Å². The third-order valence-corrected chi connectivity index (χ3v) is 4.36. The minimum absolute atomic E-state index is 0.485. The van der Waals surface area contributed by atoms with Crippen molar-refractivity contribution in [3.8, 4) is 11.5 Å². The molecule has 0 bridgehead atoms. The Hall–Kier alpha value is -2.48. The van der Waals surface area contributed by atoms with Crippen LogP contribution in [0.3, 0.4) is 0 Å². The molecule has 2 N–H and O–H groups in total. The van der Waals surface area contributed by atoms with Crippen LogP contribution in [0, 0.1) is 0 Å². The minimum Gasteiger partial charge on any atom is -0.486 e. The number of aromatic nitrogens is 3. The van der Waals surface area contributed by atoms with Gasteiger partial charge in [0.2, 0.25) is 0 Å². The summed E-state index contributed by atoms with van der Waals surface area (Å²) in [6.07, 6.45) is 2.61. The molecule has 1 aliphatic heterocycles.